The molecular formula is C29H20O5. The van der Waals surface area contributed by atoms with Crippen LogP contribution in [0.2, 0.25) is 0 Å². The fourth-order valence-electron chi connectivity index (χ4n) is 4.80. The van der Waals surface area contributed by atoms with Gasteiger partial charge >= 0.3 is 11.9 Å². The quantitative estimate of drug-likeness (QED) is 0.217. The summed E-state index contributed by atoms with van der Waals surface area (Å²) < 4.78 is 5.25. The Hall–Kier alpha value is -4.64. The van der Waals surface area contributed by atoms with E-state index in [-0.39, 0.29) is 5.75 Å². The number of carbonyl (C=O) groups excluding carboxylic acids is 1. The Balaban J connectivity index is 1.67. The standard InChI is InChI=1S/C29H20O5/c30-21-13-9-19(10-14-21)29(20-11-15-22(16-12-20)34-28(33)18-17-27(31)32)25-7-3-1-5-23(25)24-6-2-4-8-26(24)29/h1-18,30H,(H,31,32). The second-order valence-corrected chi connectivity index (χ2v) is 8.01. The van der Waals surface area contributed by atoms with Crippen molar-refractivity contribution in [2.75, 3.05) is 0 Å². The third kappa shape index (κ3) is 3.44. The Morgan fingerprint density at radius 1 is 0.676 bits per heavy atom. The van der Waals surface area contributed by atoms with E-state index in [1.165, 1.54) is 0 Å². The molecule has 0 aromatic heterocycles. The predicted octanol–water partition coefficient (Wildman–Crippen LogP) is 5.30. The highest BCUT2D eigenvalue weighted by Crippen LogP contribution is 2.56. The zero-order valence-corrected chi connectivity index (χ0v) is 18.0. The van der Waals surface area contributed by atoms with Crippen LogP contribution in [-0.2, 0) is 15.0 Å². The van der Waals surface area contributed by atoms with Gasteiger partial charge in [-0.3, -0.25) is 0 Å². The average Bonchev–Trinajstić information content (AvgIpc) is 3.15. The first kappa shape index (κ1) is 21.2. The van der Waals surface area contributed by atoms with Crippen molar-refractivity contribution in [1.82, 2.24) is 0 Å². The largest absolute Gasteiger partial charge is 0.508 e. The lowest BCUT2D eigenvalue weighted by Crippen LogP contribution is -2.28. The van der Waals surface area contributed by atoms with Crippen molar-refractivity contribution in [3.63, 3.8) is 0 Å². The Morgan fingerprint density at radius 3 is 1.71 bits per heavy atom. The Morgan fingerprint density at radius 2 is 1.18 bits per heavy atom. The number of aromatic hydroxyl groups is 1. The minimum Gasteiger partial charge on any atom is -0.508 e. The first-order valence-corrected chi connectivity index (χ1v) is 10.7. The molecule has 0 amide bonds. The number of hydrogen-bond acceptors (Lipinski definition) is 4. The maximum atomic E-state index is 11.9. The lowest BCUT2D eigenvalue weighted by molar-refractivity contribution is -0.133. The third-order valence-corrected chi connectivity index (χ3v) is 6.12. The summed E-state index contributed by atoms with van der Waals surface area (Å²) >= 11 is 0. The lowest BCUT2D eigenvalue weighted by Gasteiger charge is -2.34. The molecule has 0 saturated heterocycles. The van der Waals surface area contributed by atoms with E-state index in [9.17, 15) is 14.7 Å². The van der Waals surface area contributed by atoms with Crippen molar-refractivity contribution < 1.29 is 24.5 Å². The van der Waals surface area contributed by atoms with Crippen LogP contribution in [0.15, 0.2) is 109 Å². The number of carboxylic acid groups (broad SMARTS) is 1. The summed E-state index contributed by atoms with van der Waals surface area (Å²) in [5, 5.41) is 18.6. The fourth-order valence-corrected chi connectivity index (χ4v) is 4.80. The van der Waals surface area contributed by atoms with Crippen molar-refractivity contribution in [1.29, 1.82) is 0 Å². The van der Waals surface area contributed by atoms with Crippen molar-refractivity contribution in [2.45, 2.75) is 5.41 Å². The number of esters is 1. The van der Waals surface area contributed by atoms with Gasteiger partial charge in [-0.1, -0.05) is 72.8 Å². The molecule has 0 aliphatic heterocycles. The minimum absolute atomic E-state index is 0.190. The van der Waals surface area contributed by atoms with Gasteiger partial charge in [0.2, 0.25) is 0 Å². The number of benzene rings is 4. The number of ether oxygens (including phenoxy) is 1. The van der Waals surface area contributed by atoms with Crippen LogP contribution < -0.4 is 4.74 Å². The monoisotopic (exact) mass is 448 g/mol. The molecule has 0 spiro atoms. The zero-order chi connectivity index (χ0) is 23.7. The molecule has 34 heavy (non-hydrogen) atoms. The third-order valence-electron chi connectivity index (χ3n) is 6.12. The van der Waals surface area contributed by atoms with E-state index in [0.717, 1.165) is 45.5 Å². The predicted molar refractivity (Wildman–Crippen MR) is 128 cm³/mol. The molecule has 0 atom stereocenters. The molecule has 5 heteroatoms. The maximum absolute atomic E-state index is 11.9. The van der Waals surface area contributed by atoms with Crippen molar-refractivity contribution in [3.05, 3.63) is 131 Å². The molecule has 0 unspecified atom stereocenters. The van der Waals surface area contributed by atoms with Crippen molar-refractivity contribution >= 4 is 11.9 Å². The van der Waals surface area contributed by atoms with Gasteiger partial charge in [0.25, 0.3) is 0 Å². The second kappa shape index (κ2) is 8.37. The molecule has 0 saturated carbocycles. The molecule has 0 fully saturated rings. The highest BCUT2D eigenvalue weighted by molar-refractivity contribution is 5.92. The highest BCUT2D eigenvalue weighted by atomic mass is 16.5. The number of rotatable bonds is 5. The van der Waals surface area contributed by atoms with E-state index >= 15 is 0 Å². The Labute approximate surface area is 196 Å². The van der Waals surface area contributed by atoms with Gasteiger partial charge in [0.1, 0.15) is 11.5 Å². The molecule has 0 radical (unpaired) electrons. The second-order valence-electron chi connectivity index (χ2n) is 8.01. The van der Waals surface area contributed by atoms with Gasteiger partial charge in [-0.25, -0.2) is 9.59 Å². The number of phenolic OH excluding ortho intramolecular Hbond substituents is 1. The van der Waals surface area contributed by atoms with E-state index in [1.807, 2.05) is 48.5 Å². The highest BCUT2D eigenvalue weighted by Gasteiger charge is 2.45. The average molecular weight is 448 g/mol. The van der Waals surface area contributed by atoms with Gasteiger partial charge < -0.3 is 14.9 Å². The molecule has 1 aliphatic carbocycles. The van der Waals surface area contributed by atoms with Gasteiger partial charge in [-0.15, -0.1) is 0 Å². The zero-order valence-electron chi connectivity index (χ0n) is 18.0. The fraction of sp³-hybridized carbons (Fsp3) is 0.0345. The van der Waals surface area contributed by atoms with Crippen LogP contribution in [0, 0.1) is 0 Å². The molecule has 2 N–H and O–H groups in total. The van der Waals surface area contributed by atoms with Crippen LogP contribution in [0.3, 0.4) is 0 Å². The Bertz CT molecular complexity index is 1370. The molecule has 166 valence electrons. The summed E-state index contributed by atoms with van der Waals surface area (Å²) in [7, 11) is 0. The molecular weight excluding hydrogens is 428 g/mol. The first-order valence-electron chi connectivity index (χ1n) is 10.7. The van der Waals surface area contributed by atoms with E-state index in [2.05, 4.69) is 24.3 Å². The van der Waals surface area contributed by atoms with Gasteiger partial charge in [0.15, 0.2) is 0 Å². The minimum atomic E-state index is -1.22. The first-order chi connectivity index (χ1) is 16.5. The van der Waals surface area contributed by atoms with Crippen LogP contribution in [0.5, 0.6) is 11.5 Å². The molecule has 5 nitrogen and oxygen atoms in total. The molecule has 4 aromatic carbocycles. The van der Waals surface area contributed by atoms with Crippen LogP contribution in [-0.4, -0.2) is 22.2 Å². The van der Waals surface area contributed by atoms with Crippen molar-refractivity contribution in [2.24, 2.45) is 0 Å². The van der Waals surface area contributed by atoms with Crippen molar-refractivity contribution in [3.8, 4) is 22.6 Å². The molecule has 5 rings (SSSR count). The van der Waals surface area contributed by atoms with E-state index < -0.39 is 17.4 Å². The maximum Gasteiger partial charge on any atom is 0.336 e. The Kier molecular flexibility index (Phi) is 5.22. The van der Waals surface area contributed by atoms with Gasteiger partial charge in [-0.05, 0) is 57.6 Å². The molecule has 0 heterocycles. The number of fused-ring (bicyclic) bond motifs is 3. The lowest BCUT2D eigenvalue weighted by atomic mass is 9.68. The molecule has 0 bridgehead atoms. The summed E-state index contributed by atoms with van der Waals surface area (Å²) in [6.45, 7) is 0. The van der Waals surface area contributed by atoms with Crippen LogP contribution >= 0.6 is 0 Å². The van der Waals surface area contributed by atoms with E-state index in [0.29, 0.717) is 5.75 Å². The summed E-state index contributed by atoms with van der Waals surface area (Å²) in [6.07, 6.45) is 1.61. The number of aliphatic carboxylic acids is 1. The number of carbonyl (C=O) groups is 2. The summed E-state index contributed by atoms with van der Waals surface area (Å²) in [5.74, 6) is -1.49. The number of phenols is 1. The van der Waals surface area contributed by atoms with E-state index in [4.69, 9.17) is 9.84 Å². The summed E-state index contributed by atoms with van der Waals surface area (Å²) in [4.78, 5) is 22.5. The summed E-state index contributed by atoms with van der Waals surface area (Å²) in [5.41, 5.74) is 5.86. The smallest absolute Gasteiger partial charge is 0.336 e. The van der Waals surface area contributed by atoms with Gasteiger partial charge in [0, 0.05) is 12.2 Å². The molecule has 4 aromatic rings. The number of hydrogen-bond donors (Lipinski definition) is 2. The summed E-state index contributed by atoms with van der Waals surface area (Å²) in [6, 6.07) is 31.0. The van der Waals surface area contributed by atoms with Crippen LogP contribution in [0.25, 0.3) is 11.1 Å². The SMILES string of the molecule is O=C(O)C=CC(=O)Oc1ccc(C2(c3ccc(O)cc3)c3ccccc3-c3ccccc32)cc1. The molecule has 1 aliphatic rings. The normalized spacial score (nSPS) is 13.3. The van der Waals surface area contributed by atoms with Crippen LogP contribution in [0.1, 0.15) is 22.3 Å². The van der Waals surface area contributed by atoms with Gasteiger partial charge in [-0.2, -0.15) is 0 Å². The van der Waals surface area contributed by atoms with E-state index in [1.54, 1.807) is 24.3 Å². The van der Waals surface area contributed by atoms with Crippen LogP contribution in [0.4, 0.5) is 0 Å². The number of carboxylic acids is 1. The topological polar surface area (TPSA) is 83.8 Å². The van der Waals surface area contributed by atoms with Gasteiger partial charge in [0.05, 0.1) is 5.41 Å².